The minimum absolute atomic E-state index is 0.0729. The molecule has 0 bridgehead atoms. The Hall–Kier alpha value is -1.90. The number of benzene rings is 1. The van der Waals surface area contributed by atoms with E-state index in [-0.39, 0.29) is 12.0 Å². The molecule has 1 aromatic carbocycles. The largest absolute Gasteiger partial charge is 0.368 e. The van der Waals surface area contributed by atoms with Crippen LogP contribution in [0, 0.1) is 11.3 Å². The molecule has 118 valence electrons. The molecule has 5 heteroatoms. The zero-order valence-corrected chi connectivity index (χ0v) is 13.3. The minimum atomic E-state index is -0.291. The van der Waals surface area contributed by atoms with E-state index in [1.807, 2.05) is 31.1 Å². The highest BCUT2D eigenvalue weighted by atomic mass is 16.5. The first-order valence-corrected chi connectivity index (χ1v) is 7.64. The zero-order chi connectivity index (χ0) is 15.9. The fourth-order valence-electron chi connectivity index (χ4n) is 2.47. The van der Waals surface area contributed by atoms with Gasteiger partial charge in [0.1, 0.15) is 6.10 Å². The van der Waals surface area contributed by atoms with Crippen molar-refractivity contribution in [3.63, 3.8) is 0 Å². The summed E-state index contributed by atoms with van der Waals surface area (Å²) < 4.78 is 5.53. The van der Waals surface area contributed by atoms with Gasteiger partial charge in [-0.1, -0.05) is 12.1 Å². The maximum Gasteiger partial charge on any atom is 0.252 e. The lowest BCUT2D eigenvalue weighted by atomic mass is 10.1. The number of carbonyl (C=O) groups excluding carboxylic acids is 1. The first kappa shape index (κ1) is 16.5. The number of likely N-dealkylation sites (N-methyl/N-ethyl adjacent to an activating group) is 1. The van der Waals surface area contributed by atoms with Gasteiger partial charge in [-0.05, 0) is 44.6 Å². The SMILES string of the molecule is CN(C)CCN(Cc1ccc(C#N)cc1)C(=O)C1CCCO1. The van der Waals surface area contributed by atoms with Gasteiger partial charge in [0, 0.05) is 26.2 Å². The van der Waals surface area contributed by atoms with Crippen LogP contribution in [-0.2, 0) is 16.1 Å². The van der Waals surface area contributed by atoms with Crippen LogP contribution in [0.15, 0.2) is 24.3 Å². The van der Waals surface area contributed by atoms with Crippen molar-refractivity contribution in [1.82, 2.24) is 9.80 Å². The van der Waals surface area contributed by atoms with E-state index in [0.717, 1.165) is 24.9 Å². The van der Waals surface area contributed by atoms with E-state index in [9.17, 15) is 4.79 Å². The molecule has 5 nitrogen and oxygen atoms in total. The Balaban J connectivity index is 2.05. The van der Waals surface area contributed by atoms with Crippen LogP contribution in [-0.4, -0.2) is 55.6 Å². The molecule has 1 fully saturated rings. The number of amides is 1. The Kier molecular flexibility index (Phi) is 5.93. The number of ether oxygens (including phenoxy) is 1. The van der Waals surface area contributed by atoms with Gasteiger partial charge in [-0.3, -0.25) is 4.79 Å². The average molecular weight is 301 g/mol. The normalized spacial score (nSPS) is 17.5. The van der Waals surface area contributed by atoms with Crippen molar-refractivity contribution in [3.05, 3.63) is 35.4 Å². The molecule has 1 aliphatic rings. The molecule has 1 unspecified atom stereocenters. The molecule has 0 aliphatic carbocycles. The fraction of sp³-hybridized carbons (Fsp3) is 0.529. The third-order valence-corrected chi connectivity index (χ3v) is 3.79. The van der Waals surface area contributed by atoms with Crippen LogP contribution in [0.5, 0.6) is 0 Å². The molecule has 0 saturated carbocycles. The summed E-state index contributed by atoms with van der Waals surface area (Å²) in [5, 5.41) is 8.85. The van der Waals surface area contributed by atoms with Crippen molar-refractivity contribution < 1.29 is 9.53 Å². The van der Waals surface area contributed by atoms with Crippen molar-refractivity contribution in [1.29, 1.82) is 5.26 Å². The van der Waals surface area contributed by atoms with Crippen LogP contribution in [0.1, 0.15) is 24.0 Å². The quantitative estimate of drug-likeness (QED) is 0.801. The molecule has 0 radical (unpaired) electrons. The molecule has 1 amide bonds. The van der Waals surface area contributed by atoms with Gasteiger partial charge in [-0.2, -0.15) is 5.26 Å². The monoisotopic (exact) mass is 301 g/mol. The average Bonchev–Trinajstić information content (AvgIpc) is 3.05. The van der Waals surface area contributed by atoms with Crippen LogP contribution in [0.25, 0.3) is 0 Å². The van der Waals surface area contributed by atoms with Crippen molar-refractivity contribution in [2.75, 3.05) is 33.8 Å². The number of nitrogens with zero attached hydrogens (tertiary/aromatic N) is 3. The molecule has 22 heavy (non-hydrogen) atoms. The number of rotatable bonds is 6. The molecule has 0 N–H and O–H groups in total. The summed E-state index contributed by atoms with van der Waals surface area (Å²) in [7, 11) is 3.99. The summed E-state index contributed by atoms with van der Waals surface area (Å²) in [6.45, 7) is 2.72. The Bertz CT molecular complexity index is 528. The molecule has 1 aromatic rings. The summed E-state index contributed by atoms with van der Waals surface area (Å²) in [4.78, 5) is 16.5. The van der Waals surface area contributed by atoms with E-state index in [1.165, 1.54) is 0 Å². The van der Waals surface area contributed by atoms with E-state index in [2.05, 4.69) is 11.0 Å². The van der Waals surface area contributed by atoms with E-state index in [4.69, 9.17) is 10.00 Å². The van der Waals surface area contributed by atoms with Crippen molar-refractivity contribution >= 4 is 5.91 Å². The summed E-state index contributed by atoms with van der Waals surface area (Å²) >= 11 is 0. The lowest BCUT2D eigenvalue weighted by molar-refractivity contribution is -0.141. The van der Waals surface area contributed by atoms with Gasteiger partial charge in [-0.15, -0.1) is 0 Å². The Morgan fingerprint density at radius 3 is 2.59 bits per heavy atom. The molecular formula is C17H23N3O2. The van der Waals surface area contributed by atoms with Crippen LogP contribution >= 0.6 is 0 Å². The zero-order valence-electron chi connectivity index (χ0n) is 13.3. The summed E-state index contributed by atoms with van der Waals surface area (Å²) in [6, 6.07) is 9.50. The smallest absolute Gasteiger partial charge is 0.252 e. The Labute approximate surface area is 132 Å². The van der Waals surface area contributed by atoms with Crippen LogP contribution in [0.2, 0.25) is 0 Å². The van der Waals surface area contributed by atoms with Crippen molar-refractivity contribution in [2.45, 2.75) is 25.5 Å². The molecule has 0 aromatic heterocycles. The second-order valence-electron chi connectivity index (χ2n) is 5.87. The Morgan fingerprint density at radius 2 is 2.05 bits per heavy atom. The highest BCUT2D eigenvalue weighted by Gasteiger charge is 2.28. The molecule has 1 heterocycles. The summed E-state index contributed by atoms with van der Waals surface area (Å²) in [6.07, 6.45) is 1.47. The number of carbonyl (C=O) groups is 1. The number of hydrogen-bond donors (Lipinski definition) is 0. The maximum absolute atomic E-state index is 12.6. The third kappa shape index (κ3) is 4.55. The second-order valence-corrected chi connectivity index (χ2v) is 5.87. The second kappa shape index (κ2) is 7.92. The van der Waals surface area contributed by atoms with Gasteiger partial charge in [0.05, 0.1) is 11.6 Å². The van der Waals surface area contributed by atoms with Crippen LogP contribution < -0.4 is 0 Å². The van der Waals surface area contributed by atoms with E-state index in [1.54, 1.807) is 12.1 Å². The van der Waals surface area contributed by atoms with Gasteiger partial charge in [0.15, 0.2) is 0 Å². The first-order valence-electron chi connectivity index (χ1n) is 7.64. The van der Waals surface area contributed by atoms with Gasteiger partial charge >= 0.3 is 0 Å². The molecule has 2 rings (SSSR count). The molecule has 1 saturated heterocycles. The Morgan fingerprint density at radius 1 is 1.32 bits per heavy atom. The molecule has 1 aliphatic heterocycles. The number of nitriles is 1. The van der Waals surface area contributed by atoms with Gasteiger partial charge in [0.2, 0.25) is 0 Å². The van der Waals surface area contributed by atoms with Gasteiger partial charge in [0.25, 0.3) is 5.91 Å². The van der Waals surface area contributed by atoms with Gasteiger partial charge < -0.3 is 14.5 Å². The van der Waals surface area contributed by atoms with Crippen molar-refractivity contribution in [2.24, 2.45) is 0 Å². The van der Waals surface area contributed by atoms with Crippen LogP contribution in [0.3, 0.4) is 0 Å². The lowest BCUT2D eigenvalue weighted by Gasteiger charge is -2.27. The highest BCUT2D eigenvalue weighted by Crippen LogP contribution is 2.16. The first-order chi connectivity index (χ1) is 10.6. The standard InChI is InChI=1S/C17H23N3O2/c1-19(2)9-10-20(17(21)16-4-3-11-22-16)13-15-7-5-14(12-18)6-8-15/h5-8,16H,3-4,9-11,13H2,1-2H3. The molecule has 0 spiro atoms. The lowest BCUT2D eigenvalue weighted by Crippen LogP contribution is -2.41. The predicted octanol–water partition coefficient (Wildman–Crippen LogP) is 1.63. The maximum atomic E-state index is 12.6. The van der Waals surface area contributed by atoms with Crippen molar-refractivity contribution in [3.8, 4) is 6.07 Å². The van der Waals surface area contributed by atoms with E-state index >= 15 is 0 Å². The topological polar surface area (TPSA) is 56.6 Å². The van der Waals surface area contributed by atoms with Crippen LogP contribution in [0.4, 0.5) is 0 Å². The fourth-order valence-corrected chi connectivity index (χ4v) is 2.47. The summed E-state index contributed by atoms with van der Waals surface area (Å²) in [5.74, 6) is 0.0729. The summed E-state index contributed by atoms with van der Waals surface area (Å²) in [5.41, 5.74) is 1.66. The van der Waals surface area contributed by atoms with E-state index < -0.39 is 0 Å². The van der Waals surface area contributed by atoms with E-state index in [0.29, 0.717) is 25.3 Å². The van der Waals surface area contributed by atoms with Gasteiger partial charge in [-0.25, -0.2) is 0 Å². The third-order valence-electron chi connectivity index (χ3n) is 3.79. The molecular weight excluding hydrogens is 278 g/mol. The number of hydrogen-bond acceptors (Lipinski definition) is 4. The molecule has 1 atom stereocenters. The predicted molar refractivity (Wildman–Crippen MR) is 84.1 cm³/mol. The highest BCUT2D eigenvalue weighted by molar-refractivity contribution is 5.81. The minimum Gasteiger partial charge on any atom is -0.368 e.